The zero-order valence-electron chi connectivity index (χ0n) is 13.1. The summed E-state index contributed by atoms with van der Waals surface area (Å²) >= 11 is 0. The Labute approximate surface area is 119 Å². The van der Waals surface area contributed by atoms with E-state index in [2.05, 4.69) is 31.2 Å². The largest absolute Gasteiger partial charge is 0.381 e. The van der Waals surface area contributed by atoms with Crippen molar-refractivity contribution in [2.24, 2.45) is 11.8 Å². The molecule has 2 unspecified atom stereocenters. The third kappa shape index (κ3) is 4.17. The molecule has 2 fully saturated rings. The highest BCUT2D eigenvalue weighted by atomic mass is 16.5. The SMILES string of the molecule is CC1CCCC(CNCC2CCOCC2)(N(C)C)C1. The van der Waals surface area contributed by atoms with E-state index in [-0.39, 0.29) is 0 Å². The van der Waals surface area contributed by atoms with Crippen LogP contribution in [0.2, 0.25) is 0 Å². The fourth-order valence-corrected chi connectivity index (χ4v) is 3.82. The van der Waals surface area contributed by atoms with E-state index in [9.17, 15) is 0 Å². The molecule has 0 aromatic rings. The van der Waals surface area contributed by atoms with Crippen LogP contribution in [-0.4, -0.2) is 50.8 Å². The second-order valence-corrected chi connectivity index (χ2v) is 7.01. The summed E-state index contributed by atoms with van der Waals surface area (Å²) in [6, 6.07) is 0. The van der Waals surface area contributed by atoms with Crippen molar-refractivity contribution >= 4 is 0 Å². The lowest BCUT2D eigenvalue weighted by atomic mass is 9.75. The van der Waals surface area contributed by atoms with E-state index in [1.807, 2.05) is 0 Å². The van der Waals surface area contributed by atoms with Crippen molar-refractivity contribution in [2.75, 3.05) is 40.4 Å². The highest BCUT2D eigenvalue weighted by molar-refractivity contribution is 4.94. The van der Waals surface area contributed by atoms with Crippen LogP contribution < -0.4 is 5.32 Å². The molecule has 3 heteroatoms. The second-order valence-electron chi connectivity index (χ2n) is 7.01. The van der Waals surface area contributed by atoms with Crippen LogP contribution in [0.3, 0.4) is 0 Å². The fourth-order valence-electron chi connectivity index (χ4n) is 3.82. The molecular formula is C16H32N2O. The molecule has 0 amide bonds. The predicted molar refractivity (Wildman–Crippen MR) is 80.5 cm³/mol. The number of nitrogens with one attached hydrogen (secondary N) is 1. The number of likely N-dealkylation sites (N-methyl/N-ethyl adjacent to an activating group) is 1. The van der Waals surface area contributed by atoms with Crippen molar-refractivity contribution < 1.29 is 4.74 Å². The minimum atomic E-state index is 0.392. The molecule has 2 atom stereocenters. The first-order valence-corrected chi connectivity index (χ1v) is 8.08. The zero-order chi connectivity index (χ0) is 13.7. The summed E-state index contributed by atoms with van der Waals surface area (Å²) in [4.78, 5) is 2.47. The Morgan fingerprint density at radius 3 is 2.58 bits per heavy atom. The molecular weight excluding hydrogens is 236 g/mol. The van der Waals surface area contributed by atoms with Gasteiger partial charge in [0.1, 0.15) is 0 Å². The third-order valence-corrected chi connectivity index (χ3v) is 5.24. The monoisotopic (exact) mass is 268 g/mol. The molecule has 1 aliphatic carbocycles. The van der Waals surface area contributed by atoms with Crippen LogP contribution >= 0.6 is 0 Å². The molecule has 2 rings (SSSR count). The van der Waals surface area contributed by atoms with Crippen LogP contribution in [0.4, 0.5) is 0 Å². The highest BCUT2D eigenvalue weighted by Crippen LogP contribution is 2.35. The highest BCUT2D eigenvalue weighted by Gasteiger charge is 2.36. The third-order valence-electron chi connectivity index (χ3n) is 5.24. The van der Waals surface area contributed by atoms with Crippen molar-refractivity contribution in [3.05, 3.63) is 0 Å². The maximum Gasteiger partial charge on any atom is 0.0469 e. The lowest BCUT2D eigenvalue weighted by Gasteiger charge is -2.45. The fraction of sp³-hybridized carbons (Fsp3) is 1.00. The predicted octanol–water partition coefficient (Wildman–Crippen LogP) is 2.51. The van der Waals surface area contributed by atoms with E-state index < -0.39 is 0 Å². The van der Waals surface area contributed by atoms with Gasteiger partial charge in [-0.2, -0.15) is 0 Å². The topological polar surface area (TPSA) is 24.5 Å². The van der Waals surface area contributed by atoms with Gasteiger partial charge in [-0.05, 0) is 58.2 Å². The van der Waals surface area contributed by atoms with Crippen molar-refractivity contribution in [3.63, 3.8) is 0 Å². The van der Waals surface area contributed by atoms with Crippen molar-refractivity contribution in [1.29, 1.82) is 0 Å². The van der Waals surface area contributed by atoms with Gasteiger partial charge in [-0.3, -0.25) is 0 Å². The van der Waals surface area contributed by atoms with Gasteiger partial charge in [0, 0.05) is 25.3 Å². The molecule has 0 bridgehead atoms. The molecule has 0 spiro atoms. The Morgan fingerprint density at radius 1 is 1.21 bits per heavy atom. The smallest absolute Gasteiger partial charge is 0.0469 e. The molecule has 2 aliphatic rings. The Balaban J connectivity index is 1.79. The first-order valence-electron chi connectivity index (χ1n) is 8.08. The number of hydrogen-bond donors (Lipinski definition) is 1. The molecule has 3 nitrogen and oxygen atoms in total. The van der Waals surface area contributed by atoms with Crippen LogP contribution in [0.15, 0.2) is 0 Å². The Bertz CT molecular complexity index is 263. The number of rotatable bonds is 5. The molecule has 0 aromatic heterocycles. The number of nitrogens with zero attached hydrogens (tertiary/aromatic N) is 1. The Kier molecular flexibility index (Phi) is 5.67. The molecule has 112 valence electrons. The minimum Gasteiger partial charge on any atom is -0.381 e. The first kappa shape index (κ1) is 15.3. The molecule has 19 heavy (non-hydrogen) atoms. The van der Waals surface area contributed by atoms with Gasteiger partial charge in [0.25, 0.3) is 0 Å². The van der Waals surface area contributed by atoms with Gasteiger partial charge in [0.05, 0.1) is 0 Å². The first-order chi connectivity index (χ1) is 9.12. The van der Waals surface area contributed by atoms with E-state index in [0.29, 0.717) is 5.54 Å². The van der Waals surface area contributed by atoms with Crippen molar-refractivity contribution in [3.8, 4) is 0 Å². The van der Waals surface area contributed by atoms with E-state index in [0.717, 1.165) is 31.6 Å². The summed E-state index contributed by atoms with van der Waals surface area (Å²) in [5, 5.41) is 3.77. The minimum absolute atomic E-state index is 0.392. The lowest BCUT2D eigenvalue weighted by Crippen LogP contribution is -2.54. The Hall–Kier alpha value is -0.120. The average Bonchev–Trinajstić information content (AvgIpc) is 2.40. The maximum absolute atomic E-state index is 5.43. The van der Waals surface area contributed by atoms with Crippen LogP contribution in [-0.2, 0) is 4.74 Å². The summed E-state index contributed by atoms with van der Waals surface area (Å²) in [5.74, 6) is 1.70. The quantitative estimate of drug-likeness (QED) is 0.829. The van der Waals surface area contributed by atoms with E-state index in [1.165, 1.54) is 45.1 Å². The molecule has 1 aliphatic heterocycles. The van der Waals surface area contributed by atoms with Gasteiger partial charge < -0.3 is 15.0 Å². The average molecular weight is 268 g/mol. The standard InChI is InChI=1S/C16H32N2O/c1-14-5-4-8-16(11-14,18(2)3)13-17-12-15-6-9-19-10-7-15/h14-15,17H,4-13H2,1-3H3. The zero-order valence-corrected chi connectivity index (χ0v) is 13.1. The van der Waals surface area contributed by atoms with Gasteiger partial charge in [-0.1, -0.05) is 19.8 Å². The number of ether oxygens (including phenoxy) is 1. The van der Waals surface area contributed by atoms with Gasteiger partial charge in [0.15, 0.2) is 0 Å². The second kappa shape index (κ2) is 7.05. The Morgan fingerprint density at radius 2 is 1.95 bits per heavy atom. The summed E-state index contributed by atoms with van der Waals surface area (Å²) < 4.78 is 5.43. The van der Waals surface area contributed by atoms with E-state index in [4.69, 9.17) is 4.74 Å². The van der Waals surface area contributed by atoms with Crippen molar-refractivity contribution in [2.45, 2.75) is 51.0 Å². The summed E-state index contributed by atoms with van der Waals surface area (Å²) in [6.07, 6.45) is 7.97. The van der Waals surface area contributed by atoms with Gasteiger partial charge >= 0.3 is 0 Å². The molecule has 1 N–H and O–H groups in total. The van der Waals surface area contributed by atoms with E-state index >= 15 is 0 Å². The molecule has 0 radical (unpaired) electrons. The number of hydrogen-bond acceptors (Lipinski definition) is 3. The maximum atomic E-state index is 5.43. The van der Waals surface area contributed by atoms with Crippen LogP contribution in [0, 0.1) is 11.8 Å². The van der Waals surface area contributed by atoms with Gasteiger partial charge in [-0.15, -0.1) is 0 Å². The lowest BCUT2D eigenvalue weighted by molar-refractivity contribution is 0.0564. The van der Waals surface area contributed by atoms with Crippen LogP contribution in [0.5, 0.6) is 0 Å². The van der Waals surface area contributed by atoms with Crippen LogP contribution in [0.25, 0.3) is 0 Å². The van der Waals surface area contributed by atoms with Crippen LogP contribution in [0.1, 0.15) is 45.4 Å². The van der Waals surface area contributed by atoms with Gasteiger partial charge in [-0.25, -0.2) is 0 Å². The summed E-state index contributed by atoms with van der Waals surface area (Å²) in [6.45, 7) is 6.66. The normalized spacial score (nSPS) is 33.8. The molecule has 1 saturated carbocycles. The van der Waals surface area contributed by atoms with Crippen molar-refractivity contribution in [1.82, 2.24) is 10.2 Å². The van der Waals surface area contributed by atoms with E-state index in [1.54, 1.807) is 0 Å². The molecule has 1 saturated heterocycles. The molecule has 0 aromatic carbocycles. The molecule has 1 heterocycles. The summed E-state index contributed by atoms with van der Waals surface area (Å²) in [5.41, 5.74) is 0.392. The summed E-state index contributed by atoms with van der Waals surface area (Å²) in [7, 11) is 4.52. The van der Waals surface area contributed by atoms with Gasteiger partial charge in [0.2, 0.25) is 0 Å².